The van der Waals surface area contributed by atoms with E-state index in [9.17, 15) is 0 Å². The van der Waals surface area contributed by atoms with Gasteiger partial charge in [0.15, 0.2) is 0 Å². The van der Waals surface area contributed by atoms with Crippen LogP contribution in [0.2, 0.25) is 0 Å². The van der Waals surface area contributed by atoms with Crippen LogP contribution in [0, 0.1) is 5.92 Å². The number of piperidine rings is 1. The van der Waals surface area contributed by atoms with Crippen molar-refractivity contribution in [2.45, 2.75) is 51.9 Å². The minimum atomic E-state index is 0.754. The summed E-state index contributed by atoms with van der Waals surface area (Å²) in [5.74, 6) is 0.754. The van der Waals surface area contributed by atoms with Gasteiger partial charge >= 0.3 is 0 Å². The van der Waals surface area contributed by atoms with Crippen molar-refractivity contribution in [2.75, 3.05) is 13.1 Å². The Labute approximate surface area is 124 Å². The van der Waals surface area contributed by atoms with E-state index >= 15 is 0 Å². The minimum Gasteiger partial charge on any atom is -0.317 e. The van der Waals surface area contributed by atoms with Gasteiger partial charge in [0.2, 0.25) is 0 Å². The largest absolute Gasteiger partial charge is 0.317 e. The Morgan fingerprint density at radius 2 is 1.85 bits per heavy atom. The molecule has 1 aliphatic rings. The predicted molar refractivity (Wildman–Crippen MR) is 88.8 cm³/mol. The average molecular weight is 271 g/mol. The number of hydrogen-bond donors (Lipinski definition) is 1. The second kappa shape index (κ2) is 8.97. The van der Waals surface area contributed by atoms with Gasteiger partial charge in [0.25, 0.3) is 0 Å². The van der Waals surface area contributed by atoms with Crippen molar-refractivity contribution in [1.29, 1.82) is 0 Å². The molecule has 1 aromatic carbocycles. The molecule has 0 radical (unpaired) electrons. The van der Waals surface area contributed by atoms with Crippen LogP contribution >= 0.6 is 0 Å². The van der Waals surface area contributed by atoms with Gasteiger partial charge < -0.3 is 5.32 Å². The number of rotatable bonds is 7. The highest BCUT2D eigenvalue weighted by Gasteiger charge is 2.18. The molecule has 2 rings (SSSR count). The van der Waals surface area contributed by atoms with Crippen LogP contribution in [0.5, 0.6) is 0 Å². The van der Waals surface area contributed by atoms with Gasteiger partial charge in [0.05, 0.1) is 0 Å². The van der Waals surface area contributed by atoms with Crippen molar-refractivity contribution in [1.82, 2.24) is 5.32 Å². The molecule has 1 N–H and O–H groups in total. The summed E-state index contributed by atoms with van der Waals surface area (Å²) in [5, 5.41) is 3.48. The zero-order valence-electron chi connectivity index (χ0n) is 12.9. The molecule has 110 valence electrons. The topological polar surface area (TPSA) is 12.0 Å². The number of nitrogens with one attached hydrogen (secondary N) is 1. The molecule has 0 unspecified atom stereocenters. The van der Waals surface area contributed by atoms with E-state index in [4.69, 9.17) is 0 Å². The van der Waals surface area contributed by atoms with Crippen LogP contribution in [0.25, 0.3) is 5.57 Å². The molecule has 20 heavy (non-hydrogen) atoms. The molecule has 0 saturated carbocycles. The Balaban J connectivity index is 2.01. The molecule has 1 heteroatoms. The Morgan fingerprint density at radius 3 is 2.55 bits per heavy atom. The summed E-state index contributed by atoms with van der Waals surface area (Å²) in [5.41, 5.74) is 3.04. The van der Waals surface area contributed by atoms with E-state index in [0.29, 0.717) is 0 Å². The first kappa shape index (κ1) is 15.3. The van der Waals surface area contributed by atoms with Crippen molar-refractivity contribution in [2.24, 2.45) is 5.92 Å². The zero-order valence-corrected chi connectivity index (χ0v) is 12.9. The lowest BCUT2D eigenvalue weighted by Crippen LogP contribution is -2.28. The summed E-state index contributed by atoms with van der Waals surface area (Å²) in [6.45, 7) is 4.62. The quantitative estimate of drug-likeness (QED) is 0.685. The number of allylic oxidation sites excluding steroid dienone is 2. The lowest BCUT2D eigenvalue weighted by Gasteiger charge is -2.26. The van der Waals surface area contributed by atoms with Crippen LogP contribution in [-0.4, -0.2) is 13.1 Å². The SMILES string of the molecule is CCCCCCC=C(c1ccccc1)C1CCNCC1. The molecule has 1 heterocycles. The standard InChI is InChI=1S/C19H29N/c1-2-3-4-5-9-12-19(17-10-7-6-8-11-17)18-13-15-20-16-14-18/h6-8,10-12,18,20H,2-5,9,13-16H2,1H3. The van der Waals surface area contributed by atoms with E-state index in [0.717, 1.165) is 5.92 Å². The first-order valence-electron chi connectivity index (χ1n) is 8.38. The van der Waals surface area contributed by atoms with Crippen molar-refractivity contribution >= 4 is 5.57 Å². The molecule has 1 nitrogen and oxygen atoms in total. The van der Waals surface area contributed by atoms with Gasteiger partial charge in [-0.2, -0.15) is 0 Å². The van der Waals surface area contributed by atoms with E-state index in [-0.39, 0.29) is 0 Å². The molecule has 0 atom stereocenters. The van der Waals surface area contributed by atoms with E-state index in [2.05, 4.69) is 48.6 Å². The molecule has 1 aliphatic heterocycles. The third kappa shape index (κ3) is 4.79. The van der Waals surface area contributed by atoms with Gasteiger partial charge in [-0.25, -0.2) is 0 Å². The summed E-state index contributed by atoms with van der Waals surface area (Å²) in [7, 11) is 0. The van der Waals surface area contributed by atoms with Crippen LogP contribution in [0.15, 0.2) is 36.4 Å². The maximum absolute atomic E-state index is 3.48. The van der Waals surface area contributed by atoms with Crippen molar-refractivity contribution in [3.63, 3.8) is 0 Å². The number of hydrogen-bond acceptors (Lipinski definition) is 1. The first-order valence-corrected chi connectivity index (χ1v) is 8.38. The second-order valence-electron chi connectivity index (χ2n) is 5.90. The Morgan fingerprint density at radius 1 is 1.10 bits per heavy atom. The van der Waals surface area contributed by atoms with Crippen LogP contribution in [-0.2, 0) is 0 Å². The highest BCUT2D eigenvalue weighted by molar-refractivity contribution is 5.67. The lowest BCUT2D eigenvalue weighted by molar-refractivity contribution is 0.446. The molecule has 0 aromatic heterocycles. The minimum absolute atomic E-state index is 0.754. The van der Waals surface area contributed by atoms with E-state index < -0.39 is 0 Å². The Bertz CT molecular complexity index is 387. The summed E-state index contributed by atoms with van der Waals surface area (Å²) < 4.78 is 0. The second-order valence-corrected chi connectivity index (χ2v) is 5.90. The molecule has 1 fully saturated rings. The van der Waals surface area contributed by atoms with E-state index in [1.54, 1.807) is 5.57 Å². The molecular weight excluding hydrogens is 242 g/mol. The highest BCUT2D eigenvalue weighted by atomic mass is 14.9. The maximum Gasteiger partial charge on any atom is -0.00431 e. The molecule has 0 spiro atoms. The number of benzene rings is 1. The molecule has 0 aliphatic carbocycles. The lowest BCUT2D eigenvalue weighted by atomic mass is 9.85. The third-order valence-corrected chi connectivity index (χ3v) is 4.31. The Hall–Kier alpha value is -1.08. The molecule has 0 amide bonds. The van der Waals surface area contributed by atoms with E-state index in [1.807, 2.05) is 0 Å². The van der Waals surface area contributed by atoms with Crippen molar-refractivity contribution in [3.05, 3.63) is 42.0 Å². The fourth-order valence-corrected chi connectivity index (χ4v) is 3.11. The normalized spacial score (nSPS) is 17.4. The van der Waals surface area contributed by atoms with E-state index in [1.165, 1.54) is 63.6 Å². The number of unbranched alkanes of at least 4 members (excludes halogenated alkanes) is 4. The van der Waals surface area contributed by atoms with Crippen molar-refractivity contribution in [3.8, 4) is 0 Å². The summed E-state index contributed by atoms with van der Waals surface area (Å²) in [4.78, 5) is 0. The van der Waals surface area contributed by atoms with Crippen LogP contribution in [0.3, 0.4) is 0 Å². The molecule has 1 aromatic rings. The highest BCUT2D eigenvalue weighted by Crippen LogP contribution is 2.30. The van der Waals surface area contributed by atoms with Gasteiger partial charge in [0, 0.05) is 0 Å². The fraction of sp³-hybridized carbons (Fsp3) is 0.579. The van der Waals surface area contributed by atoms with Crippen LogP contribution < -0.4 is 5.32 Å². The summed E-state index contributed by atoms with van der Waals surface area (Å²) in [6, 6.07) is 11.0. The smallest absolute Gasteiger partial charge is 0.00431 e. The average Bonchev–Trinajstić information content (AvgIpc) is 2.53. The van der Waals surface area contributed by atoms with Gasteiger partial charge in [0.1, 0.15) is 0 Å². The Kier molecular flexibility index (Phi) is 6.86. The summed E-state index contributed by atoms with van der Waals surface area (Å²) in [6.07, 6.45) is 11.8. The van der Waals surface area contributed by atoms with Gasteiger partial charge in [-0.3, -0.25) is 0 Å². The van der Waals surface area contributed by atoms with Crippen LogP contribution in [0.1, 0.15) is 57.4 Å². The van der Waals surface area contributed by atoms with Gasteiger partial charge in [-0.1, -0.05) is 62.6 Å². The first-order chi connectivity index (χ1) is 9.92. The van der Waals surface area contributed by atoms with Crippen LogP contribution in [0.4, 0.5) is 0 Å². The molecule has 1 saturated heterocycles. The monoisotopic (exact) mass is 271 g/mol. The zero-order chi connectivity index (χ0) is 14.0. The maximum atomic E-state index is 3.48. The van der Waals surface area contributed by atoms with Crippen molar-refractivity contribution < 1.29 is 0 Å². The predicted octanol–water partition coefficient (Wildman–Crippen LogP) is 5.04. The van der Waals surface area contributed by atoms with Gasteiger partial charge in [-0.15, -0.1) is 0 Å². The molecular formula is C19H29N. The summed E-state index contributed by atoms with van der Waals surface area (Å²) >= 11 is 0. The third-order valence-electron chi connectivity index (χ3n) is 4.31. The molecule has 0 bridgehead atoms. The van der Waals surface area contributed by atoms with Gasteiger partial charge in [-0.05, 0) is 55.8 Å². The fourth-order valence-electron chi connectivity index (χ4n) is 3.11.